The van der Waals surface area contributed by atoms with Crippen molar-refractivity contribution in [3.05, 3.63) is 0 Å². The Morgan fingerprint density at radius 2 is 0.341 bits per heavy atom. The van der Waals surface area contributed by atoms with Crippen LogP contribution < -0.4 is 30.6 Å². The minimum atomic E-state index is -2.50. The predicted molar refractivity (Wildman–Crippen MR) is 114 cm³/mol. The van der Waals surface area contributed by atoms with Crippen molar-refractivity contribution in [1.82, 2.24) is 0 Å². The Labute approximate surface area is 264 Å². The van der Waals surface area contributed by atoms with Gasteiger partial charge in [-0.2, -0.15) is 0 Å². The molecule has 0 bridgehead atoms. The van der Waals surface area contributed by atoms with Crippen LogP contribution in [0, 0.1) is 0 Å². The molecular weight excluding hydrogens is 654 g/mol. The van der Waals surface area contributed by atoms with E-state index >= 15 is 0 Å². The maximum atomic E-state index is 9.96. The molecule has 44 heavy (non-hydrogen) atoms. The van der Waals surface area contributed by atoms with Crippen molar-refractivity contribution in [2.75, 3.05) is 0 Å². The molecule has 0 aromatic rings. The van der Waals surface area contributed by atoms with Gasteiger partial charge < -0.3 is 121 Å². The molecule has 0 aliphatic rings. The van der Waals surface area contributed by atoms with Gasteiger partial charge in [-0.05, 0) is 0 Å². The van der Waals surface area contributed by atoms with Gasteiger partial charge in [-0.15, -0.1) is 0 Å². The zero-order chi connectivity index (χ0) is 34.4. The first-order valence-corrected chi connectivity index (χ1v) is 10.3. The molecule has 12 atom stereocenters. The Morgan fingerprint density at radius 1 is 0.273 bits per heavy atom. The first-order chi connectivity index (χ1) is 18.9. The van der Waals surface area contributed by atoms with E-state index in [1.54, 1.807) is 0 Å². The molecule has 0 saturated carbocycles. The van der Waals surface area contributed by atoms with E-state index in [0.29, 0.717) is 0 Å². The zero-order valence-corrected chi connectivity index (χ0v) is 23.7. The predicted octanol–water partition coefficient (Wildman–Crippen LogP) is -19.0. The van der Waals surface area contributed by atoms with E-state index in [2.05, 4.69) is 0 Å². The number of hydrogen-bond acceptors (Lipinski definition) is 24. The van der Waals surface area contributed by atoms with Crippen molar-refractivity contribution >= 4 is 70.5 Å². The summed E-state index contributed by atoms with van der Waals surface area (Å²) in [4.78, 5) is 59.8. The number of aliphatic carboxylic acids is 6. The van der Waals surface area contributed by atoms with Crippen LogP contribution in [-0.2, 0) is 28.8 Å². The van der Waals surface area contributed by atoms with Crippen LogP contribution in [0.2, 0.25) is 0 Å². The number of rotatable bonds is 15. The number of carboxylic acids is 6. The normalized spacial score (nSPS) is 18.5. The summed E-state index contributed by atoms with van der Waals surface area (Å²) >= 11 is 0. The second-order valence-corrected chi connectivity index (χ2v) is 7.53. The summed E-state index contributed by atoms with van der Waals surface area (Å²) in [5, 5.41) is 164. The summed E-state index contributed by atoms with van der Waals surface area (Å²) in [6, 6.07) is 0. The van der Waals surface area contributed by atoms with Crippen LogP contribution in [0.25, 0.3) is 0 Å². The van der Waals surface area contributed by atoms with Crippen molar-refractivity contribution < 1.29 is 121 Å². The van der Waals surface area contributed by atoms with Crippen molar-refractivity contribution in [3.63, 3.8) is 0 Å². The summed E-state index contributed by atoms with van der Waals surface area (Å²) in [6.45, 7) is 0. The second kappa shape index (κ2) is 23.7. The molecule has 24 nitrogen and oxygen atoms in total. The largest absolute Gasteiger partial charge is 3.00 e. The molecule has 0 heterocycles. The van der Waals surface area contributed by atoms with E-state index in [-0.39, 0.29) is 34.7 Å². The third-order valence-electron chi connectivity index (χ3n) is 4.44. The minimum Gasteiger partial charge on any atom is -0.547 e. The zero-order valence-electron chi connectivity index (χ0n) is 21.3. The molecule has 0 aromatic heterocycles. The molecule has 0 aromatic carbocycles. The number of aliphatic hydroxyl groups excluding tert-OH is 12. The average molecular weight is 678 g/mol. The maximum absolute atomic E-state index is 9.96. The smallest absolute Gasteiger partial charge is 0.547 e. The third kappa shape index (κ3) is 17.6. The van der Waals surface area contributed by atoms with Crippen molar-refractivity contribution in [3.8, 4) is 0 Å². The summed E-state index contributed by atoms with van der Waals surface area (Å²) in [5.41, 5.74) is 0. The van der Waals surface area contributed by atoms with Crippen molar-refractivity contribution in [2.45, 2.75) is 73.2 Å². The topological polar surface area (TPSA) is 484 Å². The first kappa shape index (κ1) is 51.0. The van der Waals surface area contributed by atoms with Gasteiger partial charge in [0.2, 0.25) is 0 Å². The van der Waals surface area contributed by atoms with Gasteiger partial charge in [0, 0.05) is 0 Å². The van der Waals surface area contributed by atoms with Gasteiger partial charge in [0.1, 0.15) is 73.2 Å². The van der Waals surface area contributed by atoms with Crippen molar-refractivity contribution in [1.29, 1.82) is 0 Å². The van der Waals surface area contributed by atoms with Gasteiger partial charge in [0.15, 0.2) is 0 Å². The summed E-state index contributed by atoms with van der Waals surface area (Å²) in [6.07, 6.45) is -29.3. The molecular formula is C18H24Al2O24. The van der Waals surface area contributed by atoms with E-state index in [4.69, 9.17) is 61.3 Å². The Morgan fingerprint density at radius 3 is 0.386 bits per heavy atom. The van der Waals surface area contributed by atoms with E-state index < -0.39 is 109 Å². The Balaban J connectivity index is -0.000000169. The monoisotopic (exact) mass is 678 g/mol. The fourth-order valence-corrected chi connectivity index (χ4v) is 1.96. The van der Waals surface area contributed by atoms with E-state index in [0.717, 1.165) is 0 Å². The SMILES string of the molecule is O=C([O-])[C@@H](O)[C@@H](O)[C@H](O)[C@@H](O)C(=O)[O-].O=C([O-])[C@@H](O)[C@@H](O)[C@H](O)[C@@H](O)C(=O)[O-].O=C([O-])[C@@H](O)[C@@H](O)[C@H](O)[C@@H](O)C(=O)[O-].[Al+3].[Al+3]. The molecule has 0 aliphatic carbocycles. The summed E-state index contributed by atoms with van der Waals surface area (Å²) in [7, 11) is 0. The van der Waals surface area contributed by atoms with E-state index in [1.165, 1.54) is 0 Å². The molecule has 0 spiro atoms. The van der Waals surface area contributed by atoms with Gasteiger partial charge in [-0.1, -0.05) is 0 Å². The number of hydrogen-bond donors (Lipinski definition) is 12. The first-order valence-electron chi connectivity index (χ1n) is 10.3. The van der Waals surface area contributed by atoms with Crippen LogP contribution in [0.4, 0.5) is 0 Å². The Kier molecular flexibility index (Phi) is 27.5. The molecule has 26 heteroatoms. The Hall–Kier alpha value is -2.60. The van der Waals surface area contributed by atoms with Crippen LogP contribution >= 0.6 is 0 Å². The number of carbonyl (C=O) groups is 6. The van der Waals surface area contributed by atoms with Crippen LogP contribution in [0.1, 0.15) is 0 Å². The molecule has 0 amide bonds. The minimum absolute atomic E-state index is 0. The van der Waals surface area contributed by atoms with Gasteiger partial charge >= 0.3 is 34.7 Å². The Bertz CT molecular complexity index is 731. The molecule has 246 valence electrons. The summed E-state index contributed by atoms with van der Waals surface area (Å²) < 4.78 is 0. The molecule has 0 radical (unpaired) electrons. The second-order valence-electron chi connectivity index (χ2n) is 7.53. The summed E-state index contributed by atoms with van der Waals surface area (Å²) in [5.74, 6) is -12.7. The van der Waals surface area contributed by atoms with E-state index in [9.17, 15) is 59.4 Å². The number of aliphatic hydroxyl groups is 12. The van der Waals surface area contributed by atoms with E-state index in [1.807, 2.05) is 0 Å². The van der Waals surface area contributed by atoms with Crippen LogP contribution in [0.15, 0.2) is 0 Å². The molecule has 0 rings (SSSR count). The standard InChI is InChI=1S/3C6H10O8.2Al/c3*7-1(3(9)5(11)12)2(8)4(10)6(13)14;;/h3*1-4,7-10H,(H,11,12)(H,13,14);;/q;;;2*+3/p-6/t3*1-,2-,3-,4+;;/m000../s1. The quantitative estimate of drug-likeness (QED) is 0.0715. The number of carbonyl (C=O) groups excluding carboxylic acids is 6. The van der Waals surface area contributed by atoms with Gasteiger partial charge in [0.05, 0.1) is 35.8 Å². The molecule has 0 saturated heterocycles. The average Bonchev–Trinajstić information content (AvgIpc) is 2.92. The van der Waals surface area contributed by atoms with Gasteiger partial charge in [0.25, 0.3) is 0 Å². The van der Waals surface area contributed by atoms with Gasteiger partial charge in [-0.25, -0.2) is 0 Å². The molecule has 0 unspecified atom stereocenters. The van der Waals surface area contributed by atoms with Gasteiger partial charge in [-0.3, -0.25) is 0 Å². The molecule has 0 aliphatic heterocycles. The molecule has 12 N–H and O–H groups in total. The van der Waals surface area contributed by atoms with Crippen molar-refractivity contribution in [2.24, 2.45) is 0 Å². The maximum Gasteiger partial charge on any atom is 3.00 e. The fourth-order valence-electron chi connectivity index (χ4n) is 1.96. The van der Waals surface area contributed by atoms with Crippen LogP contribution in [0.3, 0.4) is 0 Å². The van der Waals surface area contributed by atoms with Crippen LogP contribution in [-0.4, -0.2) is 205 Å². The third-order valence-corrected chi connectivity index (χ3v) is 4.44. The molecule has 0 fully saturated rings. The number of carboxylic acid groups (broad SMARTS) is 6. The fraction of sp³-hybridized carbons (Fsp3) is 0.667. The van der Waals surface area contributed by atoms with Crippen LogP contribution in [0.5, 0.6) is 0 Å².